The number of hydrogen-bond acceptors (Lipinski definition) is 6. The van der Waals surface area contributed by atoms with E-state index in [1.54, 1.807) is 29.2 Å². The van der Waals surface area contributed by atoms with Crippen molar-refractivity contribution >= 4 is 23.2 Å². The van der Waals surface area contributed by atoms with Gasteiger partial charge in [-0.1, -0.05) is 23.7 Å². The Morgan fingerprint density at radius 2 is 1.80 bits per heavy atom. The predicted molar refractivity (Wildman–Crippen MR) is 118 cm³/mol. The van der Waals surface area contributed by atoms with Crippen molar-refractivity contribution < 1.29 is 5.11 Å². The molecule has 1 atom stereocenters. The third-order valence-corrected chi connectivity index (χ3v) is 5.60. The molecule has 0 aliphatic rings. The summed E-state index contributed by atoms with van der Waals surface area (Å²) in [6, 6.07) is 7.31. The Balaban J connectivity index is 1.89. The summed E-state index contributed by atoms with van der Waals surface area (Å²) in [7, 11) is 3.73. The zero-order valence-corrected chi connectivity index (χ0v) is 18.3. The second-order valence-electron chi connectivity index (χ2n) is 8.00. The molecular weight excluding hydrogens is 402 g/mol. The number of benzene rings is 1. The van der Waals surface area contributed by atoms with Gasteiger partial charge in [0.1, 0.15) is 5.69 Å². The quantitative estimate of drug-likeness (QED) is 0.527. The van der Waals surface area contributed by atoms with E-state index in [-0.39, 0.29) is 6.04 Å². The van der Waals surface area contributed by atoms with Crippen LogP contribution < -0.4 is 4.90 Å². The fourth-order valence-corrected chi connectivity index (χ4v) is 3.30. The van der Waals surface area contributed by atoms with E-state index in [9.17, 15) is 5.11 Å². The van der Waals surface area contributed by atoms with E-state index in [2.05, 4.69) is 10.2 Å². The Bertz CT molecular complexity index is 1190. The number of rotatable bonds is 5. The van der Waals surface area contributed by atoms with Gasteiger partial charge in [0.15, 0.2) is 5.65 Å². The number of fused-ring (bicyclic) bond motifs is 1. The predicted octanol–water partition coefficient (Wildman–Crippen LogP) is 3.44. The van der Waals surface area contributed by atoms with Crippen LogP contribution in [0.3, 0.4) is 0 Å². The molecule has 156 valence electrons. The van der Waals surface area contributed by atoms with Gasteiger partial charge in [-0.15, -0.1) is 5.10 Å². The molecule has 0 amide bonds. The molecule has 4 rings (SSSR count). The van der Waals surface area contributed by atoms with Gasteiger partial charge < -0.3 is 10.0 Å². The minimum atomic E-state index is -0.912. The Morgan fingerprint density at radius 1 is 1.10 bits per heavy atom. The molecule has 0 saturated heterocycles. The highest BCUT2D eigenvalue weighted by atomic mass is 35.5. The SMILES string of the molecule is C[C@H](N(C)c1nc2c(-c3cnn(C)c3)nc(-c3ccc(Cl)cc3)cn2n1)C(C)(C)O. The summed E-state index contributed by atoms with van der Waals surface area (Å²) < 4.78 is 3.45. The number of aromatic nitrogens is 6. The molecule has 0 aliphatic heterocycles. The fourth-order valence-electron chi connectivity index (χ4n) is 3.17. The van der Waals surface area contributed by atoms with Crippen molar-refractivity contribution in [3.8, 4) is 22.5 Å². The van der Waals surface area contributed by atoms with Gasteiger partial charge in [-0.2, -0.15) is 10.1 Å². The number of aliphatic hydroxyl groups is 1. The molecule has 8 nitrogen and oxygen atoms in total. The van der Waals surface area contributed by atoms with Crippen LogP contribution in [0.15, 0.2) is 42.9 Å². The van der Waals surface area contributed by atoms with Crippen LogP contribution in [0.25, 0.3) is 28.2 Å². The lowest BCUT2D eigenvalue weighted by Crippen LogP contribution is -2.46. The molecular formula is C21H24ClN7O. The van der Waals surface area contributed by atoms with Gasteiger partial charge in [-0.05, 0) is 32.9 Å². The molecule has 0 bridgehead atoms. The summed E-state index contributed by atoms with van der Waals surface area (Å²) >= 11 is 6.04. The van der Waals surface area contributed by atoms with Crippen molar-refractivity contribution in [1.29, 1.82) is 0 Å². The first-order chi connectivity index (χ1) is 14.1. The average Bonchev–Trinajstić information content (AvgIpc) is 3.32. The number of hydrogen-bond donors (Lipinski definition) is 1. The molecule has 9 heteroatoms. The van der Waals surface area contributed by atoms with Crippen LogP contribution >= 0.6 is 11.6 Å². The normalized spacial score (nSPS) is 13.0. The summed E-state index contributed by atoms with van der Waals surface area (Å²) in [6.07, 6.45) is 5.49. The highest BCUT2D eigenvalue weighted by Gasteiger charge is 2.29. The summed E-state index contributed by atoms with van der Waals surface area (Å²) in [5, 5.41) is 20.0. The number of anilines is 1. The van der Waals surface area contributed by atoms with Crippen LogP contribution in [-0.4, -0.2) is 53.2 Å². The van der Waals surface area contributed by atoms with Gasteiger partial charge in [0, 0.05) is 36.4 Å². The molecule has 0 saturated carbocycles. The maximum Gasteiger partial charge on any atom is 0.245 e. The number of aryl methyl sites for hydroxylation is 1. The number of nitrogens with zero attached hydrogens (tertiary/aromatic N) is 7. The maximum absolute atomic E-state index is 10.4. The Kier molecular flexibility index (Phi) is 4.99. The van der Waals surface area contributed by atoms with Crippen molar-refractivity contribution in [2.45, 2.75) is 32.4 Å². The molecule has 0 aliphatic carbocycles. The standard InChI is InChI=1S/C21H24ClN7O/c1-13(21(2,3)30)28(5)20-25-19-18(15-10-23-27(4)11-15)24-17(12-29(19)26-20)14-6-8-16(22)9-7-14/h6-13,30H,1-5H3/t13-/m0/s1. The molecule has 4 aromatic rings. The Hall–Kier alpha value is -2.97. The van der Waals surface area contributed by atoms with Crippen LogP contribution in [0.2, 0.25) is 5.02 Å². The molecule has 3 heterocycles. The van der Waals surface area contributed by atoms with E-state index in [1.165, 1.54) is 0 Å². The van der Waals surface area contributed by atoms with Crippen LogP contribution in [0, 0.1) is 0 Å². The van der Waals surface area contributed by atoms with Crippen molar-refractivity contribution in [1.82, 2.24) is 29.4 Å². The van der Waals surface area contributed by atoms with Crippen molar-refractivity contribution in [3.63, 3.8) is 0 Å². The smallest absolute Gasteiger partial charge is 0.245 e. The summed E-state index contributed by atoms with van der Waals surface area (Å²) in [5.74, 6) is 0.504. The van der Waals surface area contributed by atoms with Gasteiger partial charge >= 0.3 is 0 Å². The minimum Gasteiger partial charge on any atom is -0.388 e. The van der Waals surface area contributed by atoms with Crippen molar-refractivity contribution in [3.05, 3.63) is 47.9 Å². The van der Waals surface area contributed by atoms with E-state index in [0.717, 1.165) is 16.8 Å². The maximum atomic E-state index is 10.4. The lowest BCUT2D eigenvalue weighted by Gasteiger charge is -2.33. The Morgan fingerprint density at radius 3 is 2.40 bits per heavy atom. The van der Waals surface area contributed by atoms with Gasteiger partial charge in [0.2, 0.25) is 5.95 Å². The highest BCUT2D eigenvalue weighted by Crippen LogP contribution is 2.28. The van der Waals surface area contributed by atoms with Gasteiger partial charge in [-0.25, -0.2) is 9.50 Å². The second-order valence-corrected chi connectivity index (χ2v) is 8.44. The summed E-state index contributed by atoms with van der Waals surface area (Å²) in [4.78, 5) is 11.5. The monoisotopic (exact) mass is 425 g/mol. The number of likely N-dealkylation sites (N-methyl/N-ethyl adjacent to an activating group) is 1. The van der Waals surface area contributed by atoms with Crippen molar-refractivity contribution in [2.75, 3.05) is 11.9 Å². The van der Waals surface area contributed by atoms with E-state index in [0.29, 0.717) is 22.3 Å². The van der Waals surface area contributed by atoms with E-state index >= 15 is 0 Å². The molecule has 0 fully saturated rings. The van der Waals surface area contributed by atoms with E-state index in [1.807, 2.05) is 62.6 Å². The largest absolute Gasteiger partial charge is 0.388 e. The third kappa shape index (κ3) is 3.76. The van der Waals surface area contributed by atoms with Crippen LogP contribution in [0.4, 0.5) is 5.95 Å². The second kappa shape index (κ2) is 7.37. The lowest BCUT2D eigenvalue weighted by atomic mass is 10.00. The number of halogens is 1. The first kappa shape index (κ1) is 20.3. The lowest BCUT2D eigenvalue weighted by molar-refractivity contribution is 0.0561. The fraction of sp³-hybridized carbons (Fsp3) is 0.333. The third-order valence-electron chi connectivity index (χ3n) is 5.35. The topological polar surface area (TPSA) is 84.4 Å². The molecule has 3 aromatic heterocycles. The van der Waals surface area contributed by atoms with Crippen molar-refractivity contribution in [2.24, 2.45) is 7.05 Å². The summed E-state index contributed by atoms with van der Waals surface area (Å²) in [5.41, 5.74) is 2.89. The molecule has 0 spiro atoms. The summed E-state index contributed by atoms with van der Waals surface area (Å²) in [6.45, 7) is 5.47. The average molecular weight is 426 g/mol. The molecule has 1 aromatic carbocycles. The minimum absolute atomic E-state index is 0.194. The van der Waals surface area contributed by atoms with Gasteiger partial charge in [-0.3, -0.25) is 4.68 Å². The molecule has 0 unspecified atom stereocenters. The zero-order valence-electron chi connectivity index (χ0n) is 17.6. The molecule has 0 radical (unpaired) electrons. The van der Waals surface area contributed by atoms with Gasteiger partial charge in [0.05, 0.1) is 29.7 Å². The zero-order chi connectivity index (χ0) is 21.6. The van der Waals surface area contributed by atoms with Crippen LogP contribution in [0.5, 0.6) is 0 Å². The first-order valence-electron chi connectivity index (χ1n) is 9.61. The molecule has 30 heavy (non-hydrogen) atoms. The first-order valence-corrected chi connectivity index (χ1v) is 9.99. The molecule has 1 N–H and O–H groups in total. The van der Waals surface area contributed by atoms with E-state index < -0.39 is 5.60 Å². The highest BCUT2D eigenvalue weighted by molar-refractivity contribution is 6.30. The van der Waals surface area contributed by atoms with Gasteiger partial charge in [0.25, 0.3) is 0 Å². The van der Waals surface area contributed by atoms with Crippen LogP contribution in [0.1, 0.15) is 20.8 Å². The van der Waals surface area contributed by atoms with E-state index in [4.69, 9.17) is 21.6 Å². The Labute approximate surface area is 179 Å². The van der Waals surface area contributed by atoms with Crippen LogP contribution in [-0.2, 0) is 7.05 Å².